The number of nitrogens with zero attached hydrogens (tertiary/aromatic N) is 3. The molecule has 3 aromatic rings. The van der Waals surface area contributed by atoms with Crippen molar-refractivity contribution in [3.05, 3.63) is 48.3 Å². The number of carboxylic acids is 1. The van der Waals surface area contributed by atoms with Crippen molar-refractivity contribution in [3.8, 4) is 11.8 Å². The van der Waals surface area contributed by atoms with E-state index in [4.69, 9.17) is 14.6 Å². The smallest absolute Gasteiger partial charge is 0.328 e. The second kappa shape index (κ2) is 7.08. The van der Waals surface area contributed by atoms with Gasteiger partial charge in [-0.3, -0.25) is 0 Å². The van der Waals surface area contributed by atoms with E-state index in [0.29, 0.717) is 16.7 Å². The van der Waals surface area contributed by atoms with E-state index in [-0.39, 0.29) is 16.6 Å². The van der Waals surface area contributed by atoms with Crippen LogP contribution in [0.15, 0.2) is 47.6 Å². The van der Waals surface area contributed by atoms with Crippen molar-refractivity contribution in [1.82, 2.24) is 13.9 Å². The van der Waals surface area contributed by atoms with Gasteiger partial charge in [0.15, 0.2) is 5.65 Å². The zero-order valence-electron chi connectivity index (χ0n) is 14.4. The number of methoxy groups -OCH3 is 2. The molecule has 0 saturated carbocycles. The largest absolute Gasteiger partial charge is 0.497 e. The summed E-state index contributed by atoms with van der Waals surface area (Å²) in [5, 5.41) is 9.21. The Bertz CT molecular complexity index is 1130. The first-order chi connectivity index (χ1) is 12.9. The van der Waals surface area contributed by atoms with E-state index in [0.717, 1.165) is 10.0 Å². The SMILES string of the molecule is COc1ccc(S(=O)(=O)n2cc(C=CC(=O)O)c3cnc(OC)nc32)cc1. The monoisotopic (exact) mass is 389 g/mol. The number of carbonyl (C=O) groups is 1. The van der Waals surface area contributed by atoms with E-state index in [9.17, 15) is 13.2 Å². The summed E-state index contributed by atoms with van der Waals surface area (Å²) in [5.74, 6) is -0.649. The van der Waals surface area contributed by atoms with Crippen molar-refractivity contribution in [1.29, 1.82) is 0 Å². The predicted molar refractivity (Wildman–Crippen MR) is 96.3 cm³/mol. The first kappa shape index (κ1) is 18.4. The number of hydrogen-bond donors (Lipinski definition) is 1. The predicted octanol–water partition coefficient (Wildman–Crippen LogP) is 1.78. The van der Waals surface area contributed by atoms with Crippen LogP contribution in [0.3, 0.4) is 0 Å². The zero-order chi connectivity index (χ0) is 19.6. The van der Waals surface area contributed by atoms with Gasteiger partial charge in [-0.25, -0.2) is 22.2 Å². The van der Waals surface area contributed by atoms with Gasteiger partial charge in [-0.15, -0.1) is 0 Å². The fourth-order valence-corrected chi connectivity index (χ4v) is 3.75. The molecule has 9 nitrogen and oxygen atoms in total. The van der Waals surface area contributed by atoms with Crippen LogP contribution in [-0.2, 0) is 14.8 Å². The van der Waals surface area contributed by atoms with Gasteiger partial charge < -0.3 is 14.6 Å². The normalized spacial score (nSPS) is 11.8. The van der Waals surface area contributed by atoms with Crippen molar-refractivity contribution >= 4 is 33.1 Å². The molecule has 0 aliphatic carbocycles. The van der Waals surface area contributed by atoms with Gasteiger partial charge in [0.05, 0.1) is 19.1 Å². The molecule has 0 aliphatic rings. The van der Waals surface area contributed by atoms with Gasteiger partial charge >= 0.3 is 12.0 Å². The van der Waals surface area contributed by atoms with Crippen LogP contribution >= 0.6 is 0 Å². The number of aromatic nitrogens is 3. The molecule has 2 aromatic heterocycles. The molecule has 1 aromatic carbocycles. The lowest BCUT2D eigenvalue weighted by Crippen LogP contribution is -2.12. The number of ether oxygens (including phenoxy) is 2. The fraction of sp³-hybridized carbons (Fsp3) is 0.118. The topological polar surface area (TPSA) is 121 Å². The van der Waals surface area contributed by atoms with Crippen molar-refractivity contribution in [2.75, 3.05) is 14.2 Å². The van der Waals surface area contributed by atoms with Gasteiger partial charge in [-0.05, 0) is 30.3 Å². The summed E-state index contributed by atoms with van der Waals surface area (Å²) in [5.41, 5.74) is 0.412. The van der Waals surface area contributed by atoms with E-state index >= 15 is 0 Å². The Morgan fingerprint density at radius 1 is 1.19 bits per heavy atom. The van der Waals surface area contributed by atoms with Crippen molar-refractivity contribution in [2.24, 2.45) is 0 Å². The molecule has 0 aliphatic heterocycles. The Morgan fingerprint density at radius 2 is 1.89 bits per heavy atom. The summed E-state index contributed by atoms with van der Waals surface area (Å²) in [6, 6.07) is 5.86. The van der Waals surface area contributed by atoms with Gasteiger partial charge in [0.1, 0.15) is 5.75 Å². The van der Waals surface area contributed by atoms with E-state index in [1.807, 2.05) is 0 Å². The summed E-state index contributed by atoms with van der Waals surface area (Å²) < 4.78 is 37.1. The van der Waals surface area contributed by atoms with Crippen LogP contribution in [0.1, 0.15) is 5.56 Å². The Morgan fingerprint density at radius 3 is 2.48 bits per heavy atom. The van der Waals surface area contributed by atoms with Gasteiger partial charge in [-0.2, -0.15) is 4.98 Å². The molecular formula is C17H15N3O6S. The van der Waals surface area contributed by atoms with E-state index < -0.39 is 16.0 Å². The van der Waals surface area contributed by atoms with Crippen LogP contribution < -0.4 is 9.47 Å². The molecule has 140 valence electrons. The number of aliphatic carboxylic acids is 1. The summed E-state index contributed by atoms with van der Waals surface area (Å²) >= 11 is 0. The molecule has 1 N–H and O–H groups in total. The average Bonchev–Trinajstić information content (AvgIpc) is 3.05. The van der Waals surface area contributed by atoms with Gasteiger partial charge in [0.25, 0.3) is 10.0 Å². The standard InChI is InChI=1S/C17H15N3O6S/c1-25-12-4-6-13(7-5-12)27(23,24)20-10-11(3-8-15(21)22)14-9-18-17(26-2)19-16(14)20/h3-10H,1-2H3,(H,21,22). The summed E-state index contributed by atoms with van der Waals surface area (Å²) in [6.45, 7) is 0. The third-order valence-corrected chi connectivity index (χ3v) is 5.39. The van der Waals surface area contributed by atoms with Crippen LogP contribution in [-0.4, -0.2) is 47.7 Å². The number of rotatable bonds is 6. The molecule has 0 atom stereocenters. The second-order valence-electron chi connectivity index (χ2n) is 5.33. The van der Waals surface area contributed by atoms with Crippen molar-refractivity contribution in [3.63, 3.8) is 0 Å². The minimum absolute atomic E-state index is 0.0134. The molecule has 10 heteroatoms. The lowest BCUT2D eigenvalue weighted by Gasteiger charge is -2.08. The van der Waals surface area contributed by atoms with Crippen LogP contribution in [0.2, 0.25) is 0 Å². The molecule has 0 radical (unpaired) electrons. The van der Waals surface area contributed by atoms with E-state index in [1.165, 1.54) is 57.0 Å². The average molecular weight is 389 g/mol. The van der Waals surface area contributed by atoms with Crippen LogP contribution in [0.5, 0.6) is 11.8 Å². The Hall–Kier alpha value is -3.40. The molecule has 0 spiro atoms. The highest BCUT2D eigenvalue weighted by atomic mass is 32.2. The summed E-state index contributed by atoms with van der Waals surface area (Å²) in [7, 11) is -1.16. The maximum Gasteiger partial charge on any atom is 0.328 e. The van der Waals surface area contributed by atoms with Gasteiger partial charge in [0, 0.05) is 29.4 Å². The minimum atomic E-state index is -4.00. The molecule has 0 bridgehead atoms. The Labute approximate surface area is 154 Å². The quantitative estimate of drug-likeness (QED) is 0.634. The van der Waals surface area contributed by atoms with E-state index in [2.05, 4.69) is 9.97 Å². The van der Waals surface area contributed by atoms with Gasteiger partial charge in [-0.1, -0.05) is 0 Å². The molecule has 0 unspecified atom stereocenters. The minimum Gasteiger partial charge on any atom is -0.497 e. The van der Waals surface area contributed by atoms with Gasteiger partial charge in [0.2, 0.25) is 0 Å². The number of benzene rings is 1. The van der Waals surface area contributed by atoms with Crippen LogP contribution in [0.25, 0.3) is 17.1 Å². The van der Waals surface area contributed by atoms with Crippen molar-refractivity contribution < 1.29 is 27.8 Å². The summed E-state index contributed by atoms with van der Waals surface area (Å²) in [4.78, 5) is 18.9. The first-order valence-electron chi connectivity index (χ1n) is 7.59. The highest BCUT2D eigenvalue weighted by Gasteiger charge is 2.22. The second-order valence-corrected chi connectivity index (χ2v) is 7.14. The highest BCUT2D eigenvalue weighted by molar-refractivity contribution is 7.90. The number of fused-ring (bicyclic) bond motifs is 1. The Balaban J connectivity index is 2.23. The molecule has 0 saturated heterocycles. The maximum absolute atomic E-state index is 13.1. The van der Waals surface area contributed by atoms with Crippen LogP contribution in [0.4, 0.5) is 0 Å². The zero-order valence-corrected chi connectivity index (χ0v) is 15.2. The number of carboxylic acid groups (broad SMARTS) is 1. The lowest BCUT2D eigenvalue weighted by atomic mass is 10.2. The van der Waals surface area contributed by atoms with Crippen LogP contribution in [0, 0.1) is 0 Å². The van der Waals surface area contributed by atoms with Crippen molar-refractivity contribution in [2.45, 2.75) is 4.90 Å². The molecular weight excluding hydrogens is 374 g/mol. The molecule has 2 heterocycles. The number of hydrogen-bond acceptors (Lipinski definition) is 7. The Kier molecular flexibility index (Phi) is 4.82. The third kappa shape index (κ3) is 3.47. The molecule has 0 fully saturated rings. The fourth-order valence-electron chi connectivity index (χ4n) is 2.42. The lowest BCUT2D eigenvalue weighted by molar-refractivity contribution is -0.131. The summed E-state index contributed by atoms with van der Waals surface area (Å²) in [6.07, 6.45) is 4.85. The highest BCUT2D eigenvalue weighted by Crippen LogP contribution is 2.27. The first-order valence-corrected chi connectivity index (χ1v) is 9.03. The maximum atomic E-state index is 13.1. The van der Waals surface area contributed by atoms with E-state index in [1.54, 1.807) is 0 Å². The molecule has 0 amide bonds. The molecule has 27 heavy (non-hydrogen) atoms. The third-order valence-electron chi connectivity index (χ3n) is 3.73. The molecule has 3 rings (SSSR count).